The number of anilines is 1. The zero-order valence-corrected chi connectivity index (χ0v) is 18.1. The molecule has 1 heterocycles. The van der Waals surface area contributed by atoms with Crippen molar-refractivity contribution in [2.24, 2.45) is 0 Å². The van der Waals surface area contributed by atoms with Crippen LogP contribution in [0.25, 0.3) is 22.6 Å². The zero-order chi connectivity index (χ0) is 21.8. The van der Waals surface area contributed by atoms with E-state index in [2.05, 4.69) is 36.3 Å². The summed E-state index contributed by atoms with van der Waals surface area (Å²) in [4.78, 5) is 17.0. The second-order valence-electron chi connectivity index (χ2n) is 7.40. The van der Waals surface area contributed by atoms with E-state index in [9.17, 15) is 4.79 Å². The normalized spacial score (nSPS) is 12.0. The number of oxazole rings is 1. The second kappa shape index (κ2) is 9.23. The first-order valence-electron chi connectivity index (χ1n) is 10.2. The van der Waals surface area contributed by atoms with E-state index in [0.717, 1.165) is 23.1 Å². The Morgan fingerprint density at radius 2 is 1.94 bits per heavy atom. The van der Waals surface area contributed by atoms with E-state index < -0.39 is 0 Å². The van der Waals surface area contributed by atoms with Gasteiger partial charge < -0.3 is 14.5 Å². The molecule has 4 aromatic rings. The molecule has 0 unspecified atom stereocenters. The first-order valence-corrected chi connectivity index (χ1v) is 10.6. The Morgan fingerprint density at radius 3 is 2.71 bits per heavy atom. The molecule has 31 heavy (non-hydrogen) atoms. The van der Waals surface area contributed by atoms with Crippen molar-refractivity contribution < 1.29 is 13.9 Å². The van der Waals surface area contributed by atoms with Gasteiger partial charge >= 0.3 is 0 Å². The number of amides is 1. The van der Waals surface area contributed by atoms with Gasteiger partial charge in [-0.3, -0.25) is 4.79 Å². The average molecular weight is 435 g/mol. The maximum atomic E-state index is 12.3. The molecule has 6 heteroatoms. The summed E-state index contributed by atoms with van der Waals surface area (Å²) < 4.78 is 11.4. The van der Waals surface area contributed by atoms with Gasteiger partial charge in [0.05, 0.1) is 10.7 Å². The van der Waals surface area contributed by atoms with Crippen molar-refractivity contribution in [2.75, 3.05) is 11.9 Å². The SMILES string of the molecule is CC[C@H](C)c1ccc2oc(-c3ccc(Cl)c(NC(=O)COc4ccccc4)c3)nc2c1. The molecule has 0 aliphatic carbocycles. The summed E-state index contributed by atoms with van der Waals surface area (Å²) >= 11 is 6.29. The van der Waals surface area contributed by atoms with Gasteiger partial charge in [-0.25, -0.2) is 4.98 Å². The van der Waals surface area contributed by atoms with Crippen LogP contribution in [0.15, 0.2) is 71.1 Å². The van der Waals surface area contributed by atoms with Gasteiger partial charge in [0, 0.05) is 5.56 Å². The van der Waals surface area contributed by atoms with Crippen LogP contribution in [0.1, 0.15) is 31.7 Å². The number of hydrogen-bond donors (Lipinski definition) is 1. The summed E-state index contributed by atoms with van der Waals surface area (Å²) in [5.41, 5.74) is 3.97. The third-order valence-electron chi connectivity index (χ3n) is 5.19. The van der Waals surface area contributed by atoms with Crippen molar-refractivity contribution in [2.45, 2.75) is 26.2 Å². The minimum absolute atomic E-state index is 0.119. The number of carbonyl (C=O) groups excluding carboxylic acids is 1. The van der Waals surface area contributed by atoms with Crippen LogP contribution in [-0.4, -0.2) is 17.5 Å². The maximum Gasteiger partial charge on any atom is 0.262 e. The lowest BCUT2D eigenvalue weighted by Gasteiger charge is -2.09. The topological polar surface area (TPSA) is 64.4 Å². The minimum Gasteiger partial charge on any atom is -0.484 e. The number of aromatic nitrogens is 1. The molecule has 0 aliphatic heterocycles. The van der Waals surface area contributed by atoms with Gasteiger partial charge in [0.2, 0.25) is 5.89 Å². The zero-order valence-electron chi connectivity index (χ0n) is 17.4. The molecule has 1 N–H and O–H groups in total. The molecule has 1 amide bonds. The third-order valence-corrected chi connectivity index (χ3v) is 5.52. The summed E-state index contributed by atoms with van der Waals surface area (Å²) in [6.45, 7) is 4.24. The van der Waals surface area contributed by atoms with E-state index in [1.807, 2.05) is 30.3 Å². The van der Waals surface area contributed by atoms with Crippen molar-refractivity contribution in [1.29, 1.82) is 0 Å². The fourth-order valence-electron chi connectivity index (χ4n) is 3.22. The monoisotopic (exact) mass is 434 g/mol. The molecule has 4 rings (SSSR count). The van der Waals surface area contributed by atoms with E-state index in [-0.39, 0.29) is 12.5 Å². The highest BCUT2D eigenvalue weighted by atomic mass is 35.5. The fourth-order valence-corrected chi connectivity index (χ4v) is 3.38. The van der Waals surface area contributed by atoms with Crippen molar-refractivity contribution >= 4 is 34.3 Å². The van der Waals surface area contributed by atoms with Gasteiger partial charge in [-0.15, -0.1) is 0 Å². The summed E-state index contributed by atoms with van der Waals surface area (Å²) in [5, 5.41) is 3.21. The third kappa shape index (κ3) is 4.89. The summed E-state index contributed by atoms with van der Waals surface area (Å²) in [6, 6.07) is 20.5. The summed E-state index contributed by atoms with van der Waals surface area (Å²) in [5.74, 6) is 1.25. The number of rotatable bonds is 7. The van der Waals surface area contributed by atoms with Crippen LogP contribution in [0.4, 0.5) is 5.69 Å². The Hall–Kier alpha value is -3.31. The Bertz CT molecular complexity index is 1200. The average Bonchev–Trinajstić information content (AvgIpc) is 3.22. The molecule has 5 nitrogen and oxygen atoms in total. The van der Waals surface area contributed by atoms with Crippen LogP contribution in [-0.2, 0) is 4.79 Å². The molecule has 0 bridgehead atoms. The van der Waals surface area contributed by atoms with Crippen molar-refractivity contribution in [3.63, 3.8) is 0 Å². The quantitative estimate of drug-likeness (QED) is 0.352. The van der Waals surface area contributed by atoms with E-state index in [4.69, 9.17) is 20.8 Å². The number of para-hydroxylation sites is 1. The predicted molar refractivity (Wildman–Crippen MR) is 124 cm³/mol. The molecule has 0 saturated heterocycles. The summed E-state index contributed by atoms with van der Waals surface area (Å²) in [7, 11) is 0. The number of hydrogen-bond acceptors (Lipinski definition) is 4. The Balaban J connectivity index is 1.52. The molecule has 1 atom stereocenters. The number of ether oxygens (including phenoxy) is 1. The molecular weight excluding hydrogens is 412 g/mol. The lowest BCUT2D eigenvalue weighted by Crippen LogP contribution is -2.20. The Labute approximate surface area is 186 Å². The van der Waals surface area contributed by atoms with Crippen molar-refractivity contribution in [3.8, 4) is 17.2 Å². The van der Waals surface area contributed by atoms with Gasteiger partial charge in [-0.2, -0.15) is 0 Å². The largest absolute Gasteiger partial charge is 0.484 e. The van der Waals surface area contributed by atoms with Crippen LogP contribution in [0.2, 0.25) is 5.02 Å². The van der Waals surface area contributed by atoms with Crippen LogP contribution in [0.5, 0.6) is 5.75 Å². The highest BCUT2D eigenvalue weighted by Gasteiger charge is 2.14. The van der Waals surface area contributed by atoms with Crippen molar-refractivity contribution in [3.05, 3.63) is 77.3 Å². The Kier molecular flexibility index (Phi) is 6.23. The van der Waals surface area contributed by atoms with Crippen molar-refractivity contribution in [1.82, 2.24) is 4.98 Å². The maximum absolute atomic E-state index is 12.3. The van der Waals surface area contributed by atoms with Gasteiger partial charge in [0.1, 0.15) is 11.3 Å². The van der Waals surface area contributed by atoms with Gasteiger partial charge in [-0.1, -0.05) is 49.7 Å². The number of carbonyl (C=O) groups is 1. The molecule has 0 spiro atoms. The molecule has 0 aliphatic rings. The molecule has 0 radical (unpaired) electrons. The van der Waals surface area contributed by atoms with E-state index in [1.165, 1.54) is 5.56 Å². The van der Waals surface area contributed by atoms with Crippen LogP contribution in [0.3, 0.4) is 0 Å². The van der Waals surface area contributed by atoms with Crippen LogP contribution < -0.4 is 10.1 Å². The highest BCUT2D eigenvalue weighted by molar-refractivity contribution is 6.33. The molecule has 0 fully saturated rings. The summed E-state index contributed by atoms with van der Waals surface area (Å²) in [6.07, 6.45) is 1.06. The van der Waals surface area contributed by atoms with E-state index >= 15 is 0 Å². The minimum atomic E-state index is -0.307. The lowest BCUT2D eigenvalue weighted by atomic mass is 9.98. The van der Waals surface area contributed by atoms with E-state index in [0.29, 0.717) is 28.3 Å². The highest BCUT2D eigenvalue weighted by Crippen LogP contribution is 2.31. The molecule has 3 aromatic carbocycles. The van der Waals surface area contributed by atoms with Gasteiger partial charge in [0.15, 0.2) is 12.2 Å². The van der Waals surface area contributed by atoms with Crippen LogP contribution in [0, 0.1) is 0 Å². The molecular formula is C25H23ClN2O3. The molecule has 0 saturated carbocycles. The Morgan fingerprint density at radius 1 is 1.13 bits per heavy atom. The first-order chi connectivity index (χ1) is 15.0. The van der Waals surface area contributed by atoms with Gasteiger partial charge in [-0.05, 0) is 60.4 Å². The fraction of sp³-hybridized carbons (Fsp3) is 0.200. The standard InChI is InChI=1S/C25H23ClN2O3/c1-3-16(2)17-10-12-23-22(13-17)28-25(31-23)18-9-11-20(26)21(14-18)27-24(29)15-30-19-7-5-4-6-8-19/h4-14,16H,3,15H2,1-2H3,(H,27,29)/t16-/m0/s1. The lowest BCUT2D eigenvalue weighted by molar-refractivity contribution is -0.118. The number of nitrogens with zero attached hydrogens (tertiary/aromatic N) is 1. The number of nitrogens with one attached hydrogen (secondary N) is 1. The van der Waals surface area contributed by atoms with E-state index in [1.54, 1.807) is 24.3 Å². The van der Waals surface area contributed by atoms with Gasteiger partial charge in [0.25, 0.3) is 5.91 Å². The second-order valence-corrected chi connectivity index (χ2v) is 7.81. The molecule has 1 aromatic heterocycles. The predicted octanol–water partition coefficient (Wildman–Crippen LogP) is 6.68. The smallest absolute Gasteiger partial charge is 0.262 e. The number of fused-ring (bicyclic) bond motifs is 1. The first kappa shape index (κ1) is 20.9. The number of benzene rings is 3. The molecule has 158 valence electrons. The number of halogens is 1. The van der Waals surface area contributed by atoms with Crippen LogP contribution >= 0.6 is 11.6 Å².